The fourth-order valence-corrected chi connectivity index (χ4v) is 3.93. The van der Waals surface area contributed by atoms with Crippen molar-refractivity contribution in [3.8, 4) is 0 Å². The number of sulfone groups is 1. The van der Waals surface area contributed by atoms with Gasteiger partial charge in [-0.2, -0.15) is 0 Å². The molecule has 2 rings (SSSR count). The van der Waals surface area contributed by atoms with Crippen LogP contribution in [0.4, 0.5) is 5.82 Å². The van der Waals surface area contributed by atoms with Crippen LogP contribution in [0.25, 0.3) is 0 Å². The van der Waals surface area contributed by atoms with Crippen molar-refractivity contribution in [2.45, 2.75) is 12.8 Å². The maximum atomic E-state index is 11.7. The van der Waals surface area contributed by atoms with Crippen LogP contribution in [-0.2, 0) is 14.6 Å². The van der Waals surface area contributed by atoms with Crippen LogP contribution in [0.1, 0.15) is 12.8 Å². The molecule has 0 saturated carbocycles. The first-order valence-corrected chi connectivity index (χ1v) is 8.04. The molecular weight excluding hydrogens is 322 g/mol. The highest BCUT2D eigenvalue weighted by atomic mass is 79.9. The number of nitrogens with one attached hydrogen (secondary N) is 1. The van der Waals surface area contributed by atoms with E-state index in [9.17, 15) is 13.2 Å². The van der Waals surface area contributed by atoms with Gasteiger partial charge in [-0.1, -0.05) is 0 Å². The van der Waals surface area contributed by atoms with Crippen molar-refractivity contribution in [1.82, 2.24) is 9.97 Å². The lowest BCUT2D eigenvalue weighted by atomic mass is 10.1. The number of nitrogens with zero attached hydrogens (tertiary/aromatic N) is 2. The Morgan fingerprint density at radius 3 is 2.78 bits per heavy atom. The molecule has 0 spiro atoms. The minimum absolute atomic E-state index is 0.0848. The Bertz CT molecular complexity index is 544. The van der Waals surface area contributed by atoms with Gasteiger partial charge < -0.3 is 5.32 Å². The summed E-state index contributed by atoms with van der Waals surface area (Å²) in [6.07, 6.45) is 3.68. The summed E-state index contributed by atoms with van der Waals surface area (Å²) in [7, 11) is -2.93. The molecule has 2 heterocycles. The highest BCUT2D eigenvalue weighted by molar-refractivity contribution is 9.10. The van der Waals surface area contributed by atoms with E-state index in [1.165, 1.54) is 12.4 Å². The number of anilines is 1. The van der Waals surface area contributed by atoms with Gasteiger partial charge in [0.15, 0.2) is 15.7 Å². The zero-order valence-corrected chi connectivity index (χ0v) is 11.9. The average molecular weight is 334 g/mol. The van der Waals surface area contributed by atoms with Crippen LogP contribution in [0.15, 0.2) is 17.0 Å². The number of carbonyl (C=O) groups is 1. The lowest BCUT2D eigenvalue weighted by Gasteiger charge is -2.07. The SMILES string of the molecule is O=C(CC1CCS(=O)(=O)C1)Nc1cnc(Br)cn1. The predicted octanol–water partition coefficient (Wildman–Crippen LogP) is 1.00. The van der Waals surface area contributed by atoms with Gasteiger partial charge >= 0.3 is 0 Å². The normalized spacial score (nSPS) is 21.7. The van der Waals surface area contributed by atoms with Gasteiger partial charge in [0, 0.05) is 6.42 Å². The second kappa shape index (κ2) is 5.31. The Morgan fingerprint density at radius 2 is 2.22 bits per heavy atom. The third kappa shape index (κ3) is 3.74. The second-order valence-electron chi connectivity index (χ2n) is 4.25. The van der Waals surface area contributed by atoms with Crippen LogP contribution in [0.3, 0.4) is 0 Å². The van der Waals surface area contributed by atoms with E-state index in [2.05, 4.69) is 31.2 Å². The van der Waals surface area contributed by atoms with Crippen LogP contribution < -0.4 is 5.32 Å². The van der Waals surface area contributed by atoms with Crippen molar-refractivity contribution in [2.24, 2.45) is 5.92 Å². The van der Waals surface area contributed by atoms with Crippen LogP contribution in [0.5, 0.6) is 0 Å². The summed E-state index contributed by atoms with van der Waals surface area (Å²) >= 11 is 3.14. The Balaban J connectivity index is 1.88. The van der Waals surface area contributed by atoms with Gasteiger partial charge in [-0.05, 0) is 28.3 Å². The number of halogens is 1. The zero-order valence-electron chi connectivity index (χ0n) is 9.47. The quantitative estimate of drug-likeness (QED) is 0.891. The second-order valence-corrected chi connectivity index (χ2v) is 7.29. The van der Waals surface area contributed by atoms with Crippen LogP contribution in [0, 0.1) is 5.92 Å². The van der Waals surface area contributed by atoms with Gasteiger partial charge in [-0.3, -0.25) is 4.79 Å². The molecule has 1 aliphatic rings. The molecule has 1 aliphatic heterocycles. The maximum absolute atomic E-state index is 11.7. The molecule has 1 aromatic heterocycles. The highest BCUT2D eigenvalue weighted by Crippen LogP contribution is 2.21. The molecule has 6 nitrogen and oxygen atoms in total. The van der Waals surface area contributed by atoms with Gasteiger partial charge in [-0.25, -0.2) is 18.4 Å². The number of hydrogen-bond donors (Lipinski definition) is 1. The van der Waals surface area contributed by atoms with Gasteiger partial charge in [0.05, 0.1) is 23.9 Å². The molecule has 1 amide bonds. The van der Waals surface area contributed by atoms with E-state index in [1.54, 1.807) is 0 Å². The van der Waals surface area contributed by atoms with E-state index in [0.29, 0.717) is 16.8 Å². The van der Waals surface area contributed by atoms with E-state index in [0.717, 1.165) is 0 Å². The molecule has 1 aromatic rings. The summed E-state index contributed by atoms with van der Waals surface area (Å²) in [6.45, 7) is 0. The number of aromatic nitrogens is 2. The fraction of sp³-hybridized carbons (Fsp3) is 0.500. The molecule has 0 aromatic carbocycles. The van der Waals surface area contributed by atoms with Crippen LogP contribution in [0.2, 0.25) is 0 Å². The van der Waals surface area contributed by atoms with Crippen LogP contribution in [-0.4, -0.2) is 35.8 Å². The van der Waals surface area contributed by atoms with E-state index in [1.807, 2.05) is 0 Å². The molecule has 0 bridgehead atoms. The molecule has 98 valence electrons. The van der Waals surface area contributed by atoms with Crippen molar-refractivity contribution in [2.75, 3.05) is 16.8 Å². The van der Waals surface area contributed by atoms with Crippen molar-refractivity contribution >= 4 is 37.5 Å². The molecule has 1 N–H and O–H groups in total. The fourth-order valence-electron chi connectivity index (χ4n) is 1.87. The summed E-state index contributed by atoms with van der Waals surface area (Å²) in [5, 5.41) is 2.60. The topological polar surface area (TPSA) is 89.0 Å². The van der Waals surface area contributed by atoms with E-state index in [-0.39, 0.29) is 29.8 Å². The summed E-state index contributed by atoms with van der Waals surface area (Å²) < 4.78 is 23.1. The standard InChI is InChI=1S/C10H12BrN3O3S/c11-8-4-13-9(5-12-8)14-10(15)3-7-1-2-18(16,17)6-7/h4-5,7H,1-3,6H2,(H,13,14,15). The highest BCUT2D eigenvalue weighted by Gasteiger charge is 2.29. The molecule has 0 radical (unpaired) electrons. The minimum Gasteiger partial charge on any atom is -0.309 e. The number of hydrogen-bond acceptors (Lipinski definition) is 5. The largest absolute Gasteiger partial charge is 0.309 e. The summed E-state index contributed by atoms with van der Waals surface area (Å²) in [5.74, 6) is 0.339. The van der Waals surface area contributed by atoms with Crippen molar-refractivity contribution < 1.29 is 13.2 Å². The third-order valence-electron chi connectivity index (χ3n) is 2.69. The molecule has 0 aliphatic carbocycles. The first-order chi connectivity index (χ1) is 8.44. The van der Waals surface area contributed by atoms with Crippen LogP contribution >= 0.6 is 15.9 Å². The van der Waals surface area contributed by atoms with E-state index < -0.39 is 9.84 Å². The van der Waals surface area contributed by atoms with E-state index in [4.69, 9.17) is 0 Å². The van der Waals surface area contributed by atoms with Gasteiger partial charge in [0.25, 0.3) is 0 Å². The first-order valence-electron chi connectivity index (χ1n) is 5.42. The molecule has 8 heteroatoms. The number of rotatable bonds is 3. The average Bonchev–Trinajstić information content (AvgIpc) is 2.61. The molecule has 18 heavy (non-hydrogen) atoms. The van der Waals surface area contributed by atoms with Crippen molar-refractivity contribution in [3.63, 3.8) is 0 Å². The Morgan fingerprint density at radius 1 is 1.44 bits per heavy atom. The molecule has 1 atom stereocenters. The third-order valence-corrected chi connectivity index (χ3v) is 4.94. The van der Waals surface area contributed by atoms with Gasteiger partial charge in [0.2, 0.25) is 5.91 Å². The van der Waals surface area contributed by atoms with E-state index >= 15 is 0 Å². The smallest absolute Gasteiger partial charge is 0.225 e. The molecule has 1 fully saturated rings. The first kappa shape index (κ1) is 13.4. The molecular formula is C10H12BrN3O3S. The molecule has 1 saturated heterocycles. The summed E-state index contributed by atoms with van der Waals surface area (Å²) in [4.78, 5) is 19.6. The summed E-state index contributed by atoms with van der Waals surface area (Å²) in [6, 6.07) is 0. The lowest BCUT2D eigenvalue weighted by Crippen LogP contribution is -2.18. The minimum atomic E-state index is -2.93. The Hall–Kier alpha value is -1.02. The van der Waals surface area contributed by atoms with Gasteiger partial charge in [0.1, 0.15) is 4.60 Å². The predicted molar refractivity (Wildman–Crippen MR) is 69.7 cm³/mol. The molecule has 1 unspecified atom stereocenters. The number of carbonyl (C=O) groups excluding carboxylic acids is 1. The van der Waals surface area contributed by atoms with Crippen molar-refractivity contribution in [1.29, 1.82) is 0 Å². The number of amides is 1. The van der Waals surface area contributed by atoms with Gasteiger partial charge in [-0.15, -0.1) is 0 Å². The summed E-state index contributed by atoms with van der Waals surface area (Å²) in [5.41, 5.74) is 0. The zero-order chi connectivity index (χ0) is 13.2. The Labute approximate surface area is 113 Å². The lowest BCUT2D eigenvalue weighted by molar-refractivity contribution is -0.116. The monoisotopic (exact) mass is 333 g/mol. The Kier molecular flexibility index (Phi) is 3.96. The maximum Gasteiger partial charge on any atom is 0.225 e. The van der Waals surface area contributed by atoms with Crippen molar-refractivity contribution in [3.05, 3.63) is 17.0 Å².